The van der Waals surface area contributed by atoms with Crippen LogP contribution in [0.3, 0.4) is 0 Å². The molecule has 0 spiro atoms. The molecule has 1 fully saturated rings. The van der Waals surface area contributed by atoms with Crippen LogP contribution in [-0.2, 0) is 26.0 Å². The lowest BCUT2D eigenvalue weighted by atomic mass is 10.0. The first-order valence-electron chi connectivity index (χ1n) is 13.6. The average Bonchev–Trinajstić information content (AvgIpc) is 3.51. The van der Waals surface area contributed by atoms with Crippen molar-refractivity contribution in [1.29, 1.82) is 0 Å². The van der Waals surface area contributed by atoms with Crippen LogP contribution in [0.1, 0.15) is 23.8 Å². The molecule has 2 aromatic carbocycles. The van der Waals surface area contributed by atoms with Gasteiger partial charge in [0.1, 0.15) is 11.5 Å². The molecule has 0 saturated carbocycles. The van der Waals surface area contributed by atoms with Crippen LogP contribution in [-0.4, -0.2) is 77.8 Å². The molecule has 1 saturated heterocycles. The maximum atomic E-state index is 12.8. The molecule has 1 unspecified atom stereocenters. The summed E-state index contributed by atoms with van der Waals surface area (Å²) in [7, 11) is -1.81. The molecule has 1 atom stereocenters. The summed E-state index contributed by atoms with van der Waals surface area (Å²) in [6.07, 6.45) is 4.23. The number of anilines is 3. The molecular formula is C29H35N5O6S. The summed E-state index contributed by atoms with van der Waals surface area (Å²) in [4.78, 5) is 30.1. The summed E-state index contributed by atoms with van der Waals surface area (Å²) in [5, 5.41) is 5.36. The number of amides is 2. The Kier molecular flexibility index (Phi) is 8.50. The molecule has 2 amide bonds. The Morgan fingerprint density at radius 3 is 2.41 bits per heavy atom. The van der Waals surface area contributed by atoms with E-state index >= 15 is 0 Å². The van der Waals surface area contributed by atoms with Crippen LogP contribution in [0.2, 0.25) is 0 Å². The fourth-order valence-electron chi connectivity index (χ4n) is 5.40. The first-order valence-corrected chi connectivity index (χ1v) is 15.4. The summed E-state index contributed by atoms with van der Waals surface area (Å²) < 4.78 is 36.8. The number of carbonyl (C=O) groups is 2. The van der Waals surface area contributed by atoms with E-state index in [-0.39, 0.29) is 12.6 Å². The maximum absolute atomic E-state index is 12.8. The van der Waals surface area contributed by atoms with E-state index in [2.05, 4.69) is 20.4 Å². The molecule has 2 N–H and O–H groups in total. The summed E-state index contributed by atoms with van der Waals surface area (Å²) in [6, 6.07) is 16.5. The van der Waals surface area contributed by atoms with Gasteiger partial charge in [0.25, 0.3) is 0 Å². The predicted octanol–water partition coefficient (Wildman–Crippen LogP) is 2.62. The van der Waals surface area contributed by atoms with Gasteiger partial charge >= 0.3 is 11.8 Å². The minimum absolute atomic E-state index is 0.189. The Morgan fingerprint density at radius 2 is 1.76 bits per heavy atom. The molecule has 12 heteroatoms. The number of rotatable bonds is 8. The SMILES string of the molecule is COc1ccc(N2CCN(C(CNC(=O)C(=O)Nc3ccc4c(c3)N(S(C)(=O)=O)CCC4)c3ccco3)CC2)cc1. The number of nitrogens with zero attached hydrogens (tertiary/aromatic N) is 3. The van der Waals surface area contributed by atoms with Crippen LogP contribution in [0, 0.1) is 0 Å². The van der Waals surface area contributed by atoms with E-state index in [0.29, 0.717) is 23.7 Å². The van der Waals surface area contributed by atoms with Crippen LogP contribution in [0.25, 0.3) is 0 Å². The highest BCUT2D eigenvalue weighted by Gasteiger charge is 2.29. The van der Waals surface area contributed by atoms with E-state index in [1.165, 1.54) is 4.31 Å². The second-order valence-electron chi connectivity index (χ2n) is 10.2. The summed E-state index contributed by atoms with van der Waals surface area (Å²) in [5.74, 6) is -0.0861. The lowest BCUT2D eigenvalue weighted by Crippen LogP contribution is -2.50. The molecule has 3 heterocycles. The van der Waals surface area contributed by atoms with E-state index < -0.39 is 21.8 Å². The van der Waals surface area contributed by atoms with Crippen molar-refractivity contribution in [3.05, 3.63) is 72.2 Å². The van der Waals surface area contributed by atoms with Crippen molar-refractivity contribution >= 4 is 38.9 Å². The molecular weight excluding hydrogens is 546 g/mol. The molecule has 41 heavy (non-hydrogen) atoms. The first kappa shape index (κ1) is 28.5. The van der Waals surface area contributed by atoms with Gasteiger partial charge in [0.2, 0.25) is 10.0 Å². The number of furan rings is 1. The van der Waals surface area contributed by atoms with Gasteiger partial charge in [-0.2, -0.15) is 0 Å². The van der Waals surface area contributed by atoms with E-state index in [0.717, 1.165) is 62.3 Å². The predicted molar refractivity (Wildman–Crippen MR) is 157 cm³/mol. The monoisotopic (exact) mass is 581 g/mol. The van der Waals surface area contributed by atoms with Crippen LogP contribution >= 0.6 is 0 Å². The molecule has 1 aromatic heterocycles. The van der Waals surface area contributed by atoms with E-state index in [1.54, 1.807) is 37.6 Å². The summed E-state index contributed by atoms with van der Waals surface area (Å²) in [5.41, 5.74) is 2.89. The second kappa shape index (κ2) is 12.2. The van der Waals surface area contributed by atoms with E-state index in [4.69, 9.17) is 9.15 Å². The number of piperazine rings is 1. The van der Waals surface area contributed by atoms with Gasteiger partial charge in [-0.25, -0.2) is 8.42 Å². The standard InChI is InChI=1S/C29H35N5O6S/c1-39-24-11-9-23(10-12-24)32-14-16-33(17-15-32)26(27-6-4-18-40-27)20-30-28(35)29(36)31-22-8-7-21-5-3-13-34(25(21)19-22)41(2,37)38/h4,6-12,18-19,26H,3,5,13-17,20H2,1-2H3,(H,30,35)(H,31,36). The molecule has 0 radical (unpaired) electrons. The number of nitrogens with one attached hydrogen (secondary N) is 2. The van der Waals surface area contributed by atoms with Gasteiger partial charge in [-0.05, 0) is 66.9 Å². The van der Waals surface area contributed by atoms with Crippen molar-refractivity contribution in [2.75, 3.05) is 67.2 Å². The molecule has 2 aliphatic heterocycles. The van der Waals surface area contributed by atoms with Gasteiger partial charge in [-0.3, -0.25) is 18.8 Å². The Bertz CT molecular complexity index is 1470. The highest BCUT2D eigenvalue weighted by atomic mass is 32.2. The number of benzene rings is 2. The van der Waals surface area contributed by atoms with Crippen molar-refractivity contribution in [1.82, 2.24) is 10.2 Å². The highest BCUT2D eigenvalue weighted by Crippen LogP contribution is 2.32. The number of fused-ring (bicyclic) bond motifs is 1. The maximum Gasteiger partial charge on any atom is 0.313 e. The molecule has 3 aromatic rings. The van der Waals surface area contributed by atoms with Crippen molar-refractivity contribution in [2.24, 2.45) is 0 Å². The zero-order valence-electron chi connectivity index (χ0n) is 23.2. The Morgan fingerprint density at radius 1 is 1.00 bits per heavy atom. The topological polar surface area (TPSA) is 124 Å². The van der Waals surface area contributed by atoms with Crippen LogP contribution in [0.4, 0.5) is 17.1 Å². The highest BCUT2D eigenvalue weighted by molar-refractivity contribution is 7.92. The third-order valence-electron chi connectivity index (χ3n) is 7.55. The third kappa shape index (κ3) is 6.66. The number of carbonyl (C=O) groups excluding carboxylic acids is 2. The normalized spacial score (nSPS) is 16.5. The number of ether oxygens (including phenoxy) is 1. The zero-order valence-corrected chi connectivity index (χ0v) is 24.0. The van der Waals surface area contributed by atoms with Gasteiger partial charge in [0.15, 0.2) is 0 Å². The Balaban J connectivity index is 1.20. The van der Waals surface area contributed by atoms with Crippen molar-refractivity contribution in [3.8, 4) is 5.75 Å². The van der Waals surface area contributed by atoms with Crippen molar-refractivity contribution in [2.45, 2.75) is 18.9 Å². The Labute approximate surface area is 240 Å². The quantitative estimate of drug-likeness (QED) is 0.389. The largest absolute Gasteiger partial charge is 0.497 e. The molecule has 0 aliphatic carbocycles. The van der Waals surface area contributed by atoms with Gasteiger partial charge in [0.05, 0.1) is 31.4 Å². The number of sulfonamides is 1. The van der Waals surface area contributed by atoms with Crippen molar-refractivity contribution in [3.63, 3.8) is 0 Å². The Hall–Kier alpha value is -4.03. The summed E-state index contributed by atoms with van der Waals surface area (Å²) >= 11 is 0. The fraction of sp³-hybridized carbons (Fsp3) is 0.379. The average molecular weight is 582 g/mol. The van der Waals surface area contributed by atoms with Gasteiger partial charge in [0, 0.05) is 50.6 Å². The van der Waals surface area contributed by atoms with Gasteiger partial charge < -0.3 is 24.7 Å². The first-order chi connectivity index (χ1) is 19.7. The molecule has 2 aliphatic rings. The molecule has 0 bridgehead atoms. The lowest BCUT2D eigenvalue weighted by molar-refractivity contribution is -0.136. The minimum atomic E-state index is -3.45. The fourth-order valence-corrected chi connectivity index (χ4v) is 6.38. The van der Waals surface area contributed by atoms with Gasteiger partial charge in [-0.1, -0.05) is 6.07 Å². The number of aryl methyl sites for hydroxylation is 1. The van der Waals surface area contributed by atoms with Gasteiger partial charge in [-0.15, -0.1) is 0 Å². The van der Waals surface area contributed by atoms with Crippen LogP contribution < -0.4 is 24.6 Å². The summed E-state index contributed by atoms with van der Waals surface area (Å²) in [6.45, 7) is 3.64. The third-order valence-corrected chi connectivity index (χ3v) is 8.73. The van der Waals surface area contributed by atoms with Crippen LogP contribution in [0.15, 0.2) is 65.3 Å². The van der Waals surface area contributed by atoms with Crippen LogP contribution in [0.5, 0.6) is 5.75 Å². The molecule has 11 nitrogen and oxygen atoms in total. The number of methoxy groups -OCH3 is 1. The number of hydrogen-bond donors (Lipinski definition) is 2. The smallest absolute Gasteiger partial charge is 0.313 e. The zero-order chi connectivity index (χ0) is 29.0. The molecule has 5 rings (SSSR count). The molecule has 218 valence electrons. The number of hydrogen-bond acceptors (Lipinski definition) is 8. The van der Waals surface area contributed by atoms with E-state index in [9.17, 15) is 18.0 Å². The van der Waals surface area contributed by atoms with E-state index in [1.807, 2.05) is 30.3 Å². The minimum Gasteiger partial charge on any atom is -0.497 e. The van der Waals surface area contributed by atoms with Crippen molar-refractivity contribution < 1.29 is 27.2 Å². The second-order valence-corrected chi connectivity index (χ2v) is 12.1. The lowest BCUT2D eigenvalue weighted by Gasteiger charge is -2.39.